The largest absolute Gasteiger partial charge is 0.494 e. The van der Waals surface area contributed by atoms with Gasteiger partial charge in [-0.25, -0.2) is 0 Å². The summed E-state index contributed by atoms with van der Waals surface area (Å²) in [4.78, 5) is 16.9. The fraction of sp³-hybridized carbons (Fsp3) is 0.111. The topological polar surface area (TPSA) is 76.6 Å². The lowest BCUT2D eigenvalue weighted by atomic mass is 10.2. The number of hydrogen-bond donors (Lipinski definition) is 0. The molecule has 0 N–H and O–H groups in total. The number of anilines is 1. The zero-order valence-electron chi connectivity index (χ0n) is 13.9. The van der Waals surface area contributed by atoms with E-state index in [0.717, 1.165) is 15.6 Å². The third kappa shape index (κ3) is 3.61. The maximum atomic E-state index is 13.1. The Bertz CT molecular complexity index is 970. The molecular formula is C18H16N2O4S2. The molecule has 0 aliphatic carbocycles. The molecular weight excluding hydrogens is 372 g/mol. The smallest absolute Gasteiger partial charge is 0.280 e. The van der Waals surface area contributed by atoms with Gasteiger partial charge in [0.05, 0.1) is 12.3 Å². The van der Waals surface area contributed by atoms with E-state index in [2.05, 4.69) is 4.98 Å². The molecule has 0 spiro atoms. The highest BCUT2D eigenvalue weighted by atomic mass is 32.2. The van der Waals surface area contributed by atoms with Crippen LogP contribution in [0.1, 0.15) is 17.3 Å². The Morgan fingerprint density at radius 3 is 2.38 bits per heavy atom. The molecule has 1 amide bonds. The SMILES string of the molecule is CCOc1ccc(N(C(=O)c2ccncc2)S(=O)(=O)c2cccs2)cc1. The Kier molecular flexibility index (Phi) is 5.34. The average molecular weight is 388 g/mol. The average Bonchev–Trinajstić information content (AvgIpc) is 3.20. The highest BCUT2D eigenvalue weighted by Gasteiger charge is 2.32. The number of carbonyl (C=O) groups is 1. The summed E-state index contributed by atoms with van der Waals surface area (Å²) in [6.07, 6.45) is 2.89. The maximum absolute atomic E-state index is 13.1. The molecule has 0 radical (unpaired) electrons. The van der Waals surface area contributed by atoms with Crippen molar-refractivity contribution in [3.63, 3.8) is 0 Å². The minimum atomic E-state index is -4.04. The zero-order valence-corrected chi connectivity index (χ0v) is 15.5. The lowest BCUT2D eigenvalue weighted by molar-refractivity contribution is 0.101. The van der Waals surface area contributed by atoms with E-state index in [4.69, 9.17) is 4.74 Å². The summed E-state index contributed by atoms with van der Waals surface area (Å²) in [7, 11) is -4.04. The van der Waals surface area contributed by atoms with Gasteiger partial charge in [-0.3, -0.25) is 9.78 Å². The molecule has 26 heavy (non-hydrogen) atoms. The fourth-order valence-corrected chi connectivity index (χ4v) is 4.80. The number of pyridine rings is 1. The van der Waals surface area contributed by atoms with Gasteiger partial charge in [-0.1, -0.05) is 6.07 Å². The normalized spacial score (nSPS) is 11.1. The van der Waals surface area contributed by atoms with E-state index in [0.29, 0.717) is 12.4 Å². The van der Waals surface area contributed by atoms with Gasteiger partial charge in [-0.15, -0.1) is 11.3 Å². The van der Waals surface area contributed by atoms with Gasteiger partial charge in [0.15, 0.2) is 0 Å². The minimum Gasteiger partial charge on any atom is -0.494 e. The van der Waals surface area contributed by atoms with Crippen LogP contribution in [0.15, 0.2) is 70.5 Å². The predicted octanol–water partition coefficient (Wildman–Crippen LogP) is 3.58. The number of benzene rings is 1. The predicted molar refractivity (Wildman–Crippen MR) is 100 cm³/mol. The second-order valence-electron chi connectivity index (χ2n) is 5.17. The van der Waals surface area contributed by atoms with Crippen molar-refractivity contribution in [2.75, 3.05) is 10.9 Å². The van der Waals surface area contributed by atoms with Gasteiger partial charge in [0, 0.05) is 18.0 Å². The molecule has 0 fully saturated rings. The van der Waals surface area contributed by atoms with Crippen LogP contribution in [0.3, 0.4) is 0 Å². The number of rotatable bonds is 6. The van der Waals surface area contributed by atoms with Gasteiger partial charge in [0.25, 0.3) is 15.9 Å². The number of carbonyl (C=O) groups excluding carboxylic acids is 1. The molecule has 0 saturated carbocycles. The van der Waals surface area contributed by atoms with Gasteiger partial charge in [0.2, 0.25) is 0 Å². The van der Waals surface area contributed by atoms with E-state index >= 15 is 0 Å². The number of hydrogen-bond acceptors (Lipinski definition) is 6. The van der Waals surface area contributed by atoms with Gasteiger partial charge in [-0.2, -0.15) is 12.7 Å². The minimum absolute atomic E-state index is 0.0915. The second-order valence-corrected chi connectivity index (χ2v) is 8.13. The van der Waals surface area contributed by atoms with E-state index in [1.807, 2.05) is 6.92 Å². The Morgan fingerprint density at radius 1 is 1.12 bits per heavy atom. The van der Waals surface area contributed by atoms with Crippen LogP contribution >= 0.6 is 11.3 Å². The lowest BCUT2D eigenvalue weighted by Gasteiger charge is -2.22. The summed E-state index contributed by atoms with van der Waals surface area (Å²) in [5, 5.41) is 1.65. The maximum Gasteiger partial charge on any atom is 0.280 e. The highest BCUT2D eigenvalue weighted by Crippen LogP contribution is 2.29. The molecule has 8 heteroatoms. The van der Waals surface area contributed by atoms with Gasteiger partial charge in [-0.05, 0) is 54.8 Å². The number of thiophene rings is 1. The molecule has 2 heterocycles. The summed E-state index contributed by atoms with van der Waals surface area (Å²) < 4.78 is 32.5. The Balaban J connectivity index is 2.09. The van der Waals surface area contributed by atoms with Gasteiger partial charge in [0.1, 0.15) is 9.96 Å². The van der Waals surface area contributed by atoms with Crippen molar-refractivity contribution in [3.8, 4) is 5.75 Å². The van der Waals surface area contributed by atoms with Crippen LogP contribution in [0.4, 0.5) is 5.69 Å². The molecule has 3 rings (SSSR count). The number of ether oxygens (including phenoxy) is 1. The van der Waals surface area contributed by atoms with Crippen molar-refractivity contribution >= 4 is 33.0 Å². The first kappa shape index (κ1) is 18.1. The highest BCUT2D eigenvalue weighted by molar-refractivity contribution is 7.95. The molecule has 0 aliphatic rings. The first-order valence-corrected chi connectivity index (χ1v) is 10.1. The Hall–Kier alpha value is -2.71. The lowest BCUT2D eigenvalue weighted by Crippen LogP contribution is -2.36. The Morgan fingerprint density at radius 2 is 1.81 bits per heavy atom. The van der Waals surface area contributed by atoms with E-state index in [1.165, 1.54) is 30.6 Å². The summed E-state index contributed by atoms with van der Waals surface area (Å²) in [5.74, 6) is -0.0500. The zero-order chi connectivity index (χ0) is 18.6. The van der Waals surface area contributed by atoms with Gasteiger partial charge < -0.3 is 4.74 Å². The molecule has 0 atom stereocenters. The molecule has 2 aromatic heterocycles. The molecule has 0 aliphatic heterocycles. The number of aromatic nitrogens is 1. The molecule has 0 unspecified atom stereocenters. The summed E-state index contributed by atoms with van der Waals surface area (Å²) in [6, 6.07) is 12.4. The van der Waals surface area contributed by atoms with Crippen LogP contribution in [-0.4, -0.2) is 25.9 Å². The van der Waals surface area contributed by atoms with Crippen molar-refractivity contribution in [1.82, 2.24) is 4.98 Å². The van der Waals surface area contributed by atoms with E-state index in [9.17, 15) is 13.2 Å². The first-order chi connectivity index (χ1) is 12.5. The van der Waals surface area contributed by atoms with Crippen LogP contribution < -0.4 is 9.04 Å². The van der Waals surface area contributed by atoms with Crippen LogP contribution in [0.25, 0.3) is 0 Å². The second kappa shape index (κ2) is 7.67. The van der Waals surface area contributed by atoms with Crippen LogP contribution in [0.2, 0.25) is 0 Å². The van der Waals surface area contributed by atoms with Gasteiger partial charge >= 0.3 is 0 Å². The quantitative estimate of drug-likeness (QED) is 0.645. The van der Waals surface area contributed by atoms with Crippen molar-refractivity contribution < 1.29 is 17.9 Å². The summed E-state index contributed by atoms with van der Waals surface area (Å²) in [6.45, 7) is 2.35. The van der Waals surface area contributed by atoms with Crippen LogP contribution in [0, 0.1) is 0 Å². The van der Waals surface area contributed by atoms with Crippen molar-refractivity contribution in [2.24, 2.45) is 0 Å². The molecule has 1 aromatic carbocycles. The molecule has 134 valence electrons. The van der Waals surface area contributed by atoms with Crippen LogP contribution in [0.5, 0.6) is 5.75 Å². The van der Waals surface area contributed by atoms with Crippen molar-refractivity contribution in [1.29, 1.82) is 0 Å². The summed E-state index contributed by atoms with van der Waals surface area (Å²) >= 11 is 1.06. The molecule has 0 bridgehead atoms. The third-order valence-electron chi connectivity index (χ3n) is 3.48. The molecule has 0 saturated heterocycles. The number of amides is 1. The number of nitrogens with zero attached hydrogens (tertiary/aromatic N) is 2. The standard InChI is InChI=1S/C18H16N2O4S2/c1-2-24-16-7-5-15(6-8-16)20(18(21)14-9-11-19-12-10-14)26(22,23)17-4-3-13-25-17/h3-13H,2H2,1H3. The monoisotopic (exact) mass is 388 g/mol. The molecule has 6 nitrogen and oxygen atoms in total. The van der Waals surface area contributed by atoms with E-state index in [1.54, 1.807) is 35.7 Å². The number of sulfonamides is 1. The Labute approximate surface area is 155 Å². The first-order valence-electron chi connectivity index (χ1n) is 7.80. The van der Waals surface area contributed by atoms with Crippen molar-refractivity contribution in [3.05, 3.63) is 71.9 Å². The molecule has 3 aromatic rings. The van der Waals surface area contributed by atoms with E-state index in [-0.39, 0.29) is 15.5 Å². The van der Waals surface area contributed by atoms with Crippen LogP contribution in [-0.2, 0) is 10.0 Å². The summed E-state index contributed by atoms with van der Waals surface area (Å²) in [5.41, 5.74) is 0.470. The van der Waals surface area contributed by atoms with Crippen molar-refractivity contribution in [2.45, 2.75) is 11.1 Å². The third-order valence-corrected chi connectivity index (χ3v) is 6.57. The fourth-order valence-electron chi connectivity index (χ4n) is 2.32. The van der Waals surface area contributed by atoms with E-state index < -0.39 is 15.9 Å².